The number of nitrogens with two attached hydrogens (primary N) is 1. The van der Waals surface area contributed by atoms with Gasteiger partial charge >= 0.3 is 0 Å². The van der Waals surface area contributed by atoms with E-state index in [0.717, 1.165) is 6.07 Å². The summed E-state index contributed by atoms with van der Waals surface area (Å²) in [5.74, 6) is -1.12. The van der Waals surface area contributed by atoms with Gasteiger partial charge in [0.2, 0.25) is 10.0 Å². The molecule has 0 heterocycles. The highest BCUT2D eigenvalue weighted by Gasteiger charge is 2.26. The lowest BCUT2D eigenvalue weighted by atomic mass is 10.3. The maximum absolute atomic E-state index is 14.0. The van der Waals surface area contributed by atoms with Crippen molar-refractivity contribution < 1.29 is 22.7 Å². The van der Waals surface area contributed by atoms with Crippen LogP contribution in [-0.2, 0) is 14.8 Å². The third kappa shape index (κ3) is 3.80. The van der Waals surface area contributed by atoms with E-state index in [9.17, 15) is 12.8 Å². The maximum Gasteiger partial charge on any atom is 0.244 e. The number of ether oxygens (including phenoxy) is 1. The molecule has 1 rings (SSSR count). The first-order valence-corrected chi connectivity index (χ1v) is 7.95. The SMILES string of the molecule is COCC(CO)NS(=O)(=O)c1cc(Cl)c(Br)c(N)c1F. The first-order valence-electron chi connectivity index (χ1n) is 5.29. The normalized spacial score (nSPS) is 13.4. The second-order valence-corrected chi connectivity index (χ2v) is 6.74. The molecule has 0 saturated heterocycles. The number of anilines is 1. The van der Waals surface area contributed by atoms with Gasteiger partial charge in [-0.05, 0) is 22.0 Å². The van der Waals surface area contributed by atoms with Crippen molar-refractivity contribution in [1.82, 2.24) is 4.72 Å². The fourth-order valence-corrected chi connectivity index (χ4v) is 3.29. The summed E-state index contributed by atoms with van der Waals surface area (Å²) in [7, 11) is -2.90. The zero-order chi connectivity index (χ0) is 15.5. The molecule has 0 aliphatic carbocycles. The number of sulfonamides is 1. The van der Waals surface area contributed by atoms with Gasteiger partial charge in [-0.2, -0.15) is 0 Å². The smallest absolute Gasteiger partial charge is 0.244 e. The van der Waals surface area contributed by atoms with E-state index < -0.39 is 39.1 Å². The highest BCUT2D eigenvalue weighted by Crippen LogP contribution is 2.34. The Hall–Kier alpha value is -0.450. The van der Waals surface area contributed by atoms with Crippen LogP contribution in [0.2, 0.25) is 5.02 Å². The van der Waals surface area contributed by atoms with E-state index in [4.69, 9.17) is 27.2 Å². The second-order valence-electron chi connectivity index (χ2n) is 3.85. The molecular formula is C10H13BrClFN2O4S. The number of nitrogens with one attached hydrogen (secondary N) is 1. The minimum absolute atomic E-state index is 0.0448. The summed E-state index contributed by atoms with van der Waals surface area (Å²) >= 11 is 8.72. The number of benzene rings is 1. The maximum atomic E-state index is 14.0. The van der Waals surface area contributed by atoms with Crippen molar-refractivity contribution in [3.63, 3.8) is 0 Å². The first-order chi connectivity index (χ1) is 9.24. The molecule has 0 amide bonds. The summed E-state index contributed by atoms with van der Waals surface area (Å²) in [5.41, 5.74) is 5.02. The number of methoxy groups -OCH3 is 1. The van der Waals surface area contributed by atoms with Gasteiger partial charge in [-0.1, -0.05) is 11.6 Å². The highest BCUT2D eigenvalue weighted by atomic mass is 79.9. The molecule has 1 aromatic rings. The summed E-state index contributed by atoms with van der Waals surface area (Å²) in [4.78, 5) is -0.697. The molecule has 1 unspecified atom stereocenters. The van der Waals surface area contributed by atoms with Crippen LogP contribution in [0.15, 0.2) is 15.4 Å². The molecule has 4 N–H and O–H groups in total. The van der Waals surface area contributed by atoms with Gasteiger partial charge in [0, 0.05) is 7.11 Å². The van der Waals surface area contributed by atoms with Crippen molar-refractivity contribution in [3.8, 4) is 0 Å². The van der Waals surface area contributed by atoms with Gasteiger partial charge < -0.3 is 15.6 Å². The molecule has 0 aliphatic rings. The van der Waals surface area contributed by atoms with Crippen LogP contribution in [0.5, 0.6) is 0 Å². The standard InChI is InChI=1S/C10H13BrClFN2O4S/c1-19-4-5(3-16)15-20(17,18)7-2-6(12)8(11)10(14)9(7)13/h2,5,15-16H,3-4,14H2,1H3. The Labute approximate surface area is 129 Å². The lowest BCUT2D eigenvalue weighted by molar-refractivity contribution is 0.139. The summed E-state index contributed by atoms with van der Waals surface area (Å²) in [5, 5.41) is 8.99. The Balaban J connectivity index is 3.23. The van der Waals surface area contributed by atoms with Gasteiger partial charge in [0.05, 0.1) is 34.4 Å². The quantitative estimate of drug-likeness (QED) is 0.498. The molecule has 0 saturated carbocycles. The monoisotopic (exact) mass is 390 g/mol. The van der Waals surface area contributed by atoms with Crippen molar-refractivity contribution in [1.29, 1.82) is 0 Å². The number of halogens is 3. The molecule has 6 nitrogen and oxygen atoms in total. The average Bonchev–Trinajstić information content (AvgIpc) is 2.39. The highest BCUT2D eigenvalue weighted by molar-refractivity contribution is 9.10. The van der Waals surface area contributed by atoms with E-state index in [1.807, 2.05) is 0 Å². The van der Waals surface area contributed by atoms with E-state index in [1.165, 1.54) is 7.11 Å². The van der Waals surface area contributed by atoms with Crippen molar-refractivity contribution in [3.05, 3.63) is 21.4 Å². The Morgan fingerprint density at radius 2 is 2.25 bits per heavy atom. The number of hydrogen-bond acceptors (Lipinski definition) is 5. The van der Waals surface area contributed by atoms with Crippen LogP contribution in [0.25, 0.3) is 0 Å². The third-order valence-electron chi connectivity index (χ3n) is 2.36. The van der Waals surface area contributed by atoms with Crippen LogP contribution in [0.4, 0.5) is 10.1 Å². The van der Waals surface area contributed by atoms with Crippen LogP contribution >= 0.6 is 27.5 Å². The molecule has 1 atom stereocenters. The van der Waals surface area contributed by atoms with Crippen molar-refractivity contribution in [2.24, 2.45) is 0 Å². The fourth-order valence-electron chi connectivity index (χ4n) is 1.40. The van der Waals surface area contributed by atoms with Gasteiger partial charge in [-0.3, -0.25) is 0 Å². The van der Waals surface area contributed by atoms with E-state index in [-0.39, 0.29) is 16.1 Å². The molecule has 0 radical (unpaired) electrons. The molecule has 0 spiro atoms. The van der Waals surface area contributed by atoms with E-state index in [1.54, 1.807) is 0 Å². The first kappa shape index (κ1) is 17.6. The van der Waals surface area contributed by atoms with E-state index in [2.05, 4.69) is 20.7 Å². The van der Waals surface area contributed by atoms with Crippen LogP contribution < -0.4 is 10.5 Å². The minimum atomic E-state index is -4.24. The van der Waals surface area contributed by atoms with Crippen LogP contribution in [0, 0.1) is 5.82 Å². The Morgan fingerprint density at radius 3 is 2.75 bits per heavy atom. The Kier molecular flexibility index (Phi) is 6.17. The molecule has 0 fully saturated rings. The number of aliphatic hydroxyl groups is 1. The van der Waals surface area contributed by atoms with Crippen LogP contribution in [0.3, 0.4) is 0 Å². The van der Waals surface area contributed by atoms with Crippen molar-refractivity contribution in [2.45, 2.75) is 10.9 Å². The summed E-state index contributed by atoms with van der Waals surface area (Å²) in [6, 6.07) is 0.0222. The topological polar surface area (TPSA) is 102 Å². The molecule has 0 aliphatic heterocycles. The van der Waals surface area contributed by atoms with Crippen molar-refractivity contribution >= 4 is 43.2 Å². The molecule has 114 valence electrons. The van der Waals surface area contributed by atoms with Gasteiger partial charge in [0.25, 0.3) is 0 Å². The lowest BCUT2D eigenvalue weighted by Gasteiger charge is -2.16. The molecule has 0 bridgehead atoms. The van der Waals surface area contributed by atoms with Crippen LogP contribution in [0.1, 0.15) is 0 Å². The molecule has 10 heteroatoms. The van der Waals surface area contributed by atoms with E-state index in [0.29, 0.717) is 0 Å². The van der Waals surface area contributed by atoms with Crippen LogP contribution in [-0.4, -0.2) is 39.9 Å². The van der Waals surface area contributed by atoms with Gasteiger partial charge in [0.15, 0.2) is 5.82 Å². The third-order valence-corrected chi connectivity index (χ3v) is 5.26. The molecule has 20 heavy (non-hydrogen) atoms. The van der Waals surface area contributed by atoms with Gasteiger partial charge in [-0.15, -0.1) is 0 Å². The predicted octanol–water partition coefficient (Wildman–Crippen LogP) is 1.11. The van der Waals surface area contributed by atoms with Crippen molar-refractivity contribution in [2.75, 3.05) is 26.1 Å². The summed E-state index contributed by atoms with van der Waals surface area (Å²) < 4.78 is 45.0. The average molecular weight is 392 g/mol. The summed E-state index contributed by atoms with van der Waals surface area (Å²) in [6.45, 7) is -0.578. The molecule has 0 aromatic heterocycles. The number of rotatable bonds is 6. The number of aliphatic hydroxyl groups excluding tert-OH is 1. The number of hydrogen-bond donors (Lipinski definition) is 3. The Bertz CT molecular complexity index is 599. The largest absolute Gasteiger partial charge is 0.395 e. The predicted molar refractivity (Wildman–Crippen MR) is 76.6 cm³/mol. The number of nitrogen functional groups attached to an aromatic ring is 1. The van der Waals surface area contributed by atoms with Gasteiger partial charge in [-0.25, -0.2) is 17.5 Å². The summed E-state index contributed by atoms with van der Waals surface area (Å²) in [6.07, 6.45) is 0. The zero-order valence-corrected chi connectivity index (χ0v) is 13.5. The Morgan fingerprint density at radius 1 is 1.65 bits per heavy atom. The molecular weight excluding hydrogens is 379 g/mol. The lowest BCUT2D eigenvalue weighted by Crippen LogP contribution is -2.40. The minimum Gasteiger partial charge on any atom is -0.395 e. The van der Waals surface area contributed by atoms with E-state index >= 15 is 0 Å². The van der Waals surface area contributed by atoms with Gasteiger partial charge in [0.1, 0.15) is 4.90 Å². The second kappa shape index (κ2) is 7.01. The zero-order valence-electron chi connectivity index (χ0n) is 10.4. The fraction of sp³-hybridized carbons (Fsp3) is 0.400. The molecule has 1 aromatic carbocycles.